The zero-order valence-electron chi connectivity index (χ0n) is 17.6. The lowest BCUT2D eigenvalue weighted by atomic mass is 10.1. The Morgan fingerprint density at radius 3 is 2.58 bits per heavy atom. The smallest absolute Gasteiger partial charge is 0.330 e. The SMILES string of the molecule is C[C@](N)(C(=O)O)c1nnc(-c2ccc(Sc3cccc(OCc4ccccc4)c3)cc2Cl)s1. The number of ether oxygens (including phenoxy) is 1. The van der Waals surface area contributed by atoms with E-state index in [1.807, 2.05) is 72.8 Å². The fourth-order valence-corrected chi connectivity index (χ4v) is 5.10. The molecule has 0 radical (unpaired) electrons. The molecule has 1 aromatic heterocycles. The van der Waals surface area contributed by atoms with Gasteiger partial charge in [-0.2, -0.15) is 0 Å². The maximum atomic E-state index is 11.4. The van der Waals surface area contributed by atoms with E-state index in [4.69, 9.17) is 22.1 Å². The van der Waals surface area contributed by atoms with Crippen LogP contribution in [-0.2, 0) is 16.9 Å². The number of aromatic nitrogens is 2. The van der Waals surface area contributed by atoms with Crippen molar-refractivity contribution < 1.29 is 14.6 Å². The van der Waals surface area contributed by atoms with Crippen LogP contribution in [0.5, 0.6) is 5.75 Å². The predicted octanol–water partition coefficient (Wildman–Crippen LogP) is 5.85. The van der Waals surface area contributed by atoms with Gasteiger partial charge in [-0.25, -0.2) is 4.79 Å². The summed E-state index contributed by atoms with van der Waals surface area (Å²) >= 11 is 9.19. The Bertz CT molecular complexity index is 1280. The molecule has 0 bridgehead atoms. The molecule has 3 N–H and O–H groups in total. The number of nitrogens with zero attached hydrogens (tertiary/aromatic N) is 2. The number of carbonyl (C=O) groups is 1. The number of carboxylic acids is 1. The largest absolute Gasteiger partial charge is 0.489 e. The summed E-state index contributed by atoms with van der Waals surface area (Å²) in [5.74, 6) is -0.380. The van der Waals surface area contributed by atoms with Crippen LogP contribution in [-0.4, -0.2) is 21.3 Å². The molecule has 168 valence electrons. The molecule has 4 rings (SSSR count). The highest BCUT2D eigenvalue weighted by Gasteiger charge is 2.34. The van der Waals surface area contributed by atoms with E-state index in [0.717, 1.165) is 32.4 Å². The Labute approximate surface area is 204 Å². The molecule has 0 amide bonds. The molecule has 3 aromatic carbocycles. The van der Waals surface area contributed by atoms with Gasteiger partial charge in [-0.05, 0) is 48.9 Å². The van der Waals surface area contributed by atoms with Crippen LogP contribution in [0.1, 0.15) is 17.5 Å². The van der Waals surface area contributed by atoms with Crippen molar-refractivity contribution in [2.45, 2.75) is 28.9 Å². The van der Waals surface area contributed by atoms with Gasteiger partial charge in [0, 0.05) is 15.4 Å². The molecular formula is C24H20ClN3O3S2. The van der Waals surface area contributed by atoms with Crippen molar-refractivity contribution >= 4 is 40.7 Å². The predicted molar refractivity (Wildman–Crippen MR) is 131 cm³/mol. The first-order chi connectivity index (χ1) is 15.8. The van der Waals surface area contributed by atoms with Crippen molar-refractivity contribution in [3.8, 4) is 16.3 Å². The zero-order chi connectivity index (χ0) is 23.4. The second-order valence-corrected chi connectivity index (χ2v) is 9.94. The molecular weight excluding hydrogens is 478 g/mol. The number of rotatable bonds is 8. The van der Waals surface area contributed by atoms with Crippen LogP contribution in [0.25, 0.3) is 10.6 Å². The maximum Gasteiger partial charge on any atom is 0.330 e. The first-order valence-corrected chi connectivity index (χ1v) is 11.9. The summed E-state index contributed by atoms with van der Waals surface area (Å²) in [6, 6.07) is 23.5. The maximum absolute atomic E-state index is 11.4. The molecule has 0 saturated heterocycles. The van der Waals surface area contributed by atoms with Crippen LogP contribution >= 0.6 is 34.7 Å². The molecule has 0 aliphatic rings. The third kappa shape index (κ3) is 5.54. The van der Waals surface area contributed by atoms with E-state index in [1.54, 1.807) is 11.8 Å². The van der Waals surface area contributed by atoms with Crippen LogP contribution < -0.4 is 10.5 Å². The van der Waals surface area contributed by atoms with Gasteiger partial charge in [0.15, 0.2) is 5.54 Å². The van der Waals surface area contributed by atoms with Crippen molar-refractivity contribution in [3.05, 3.63) is 88.4 Å². The molecule has 33 heavy (non-hydrogen) atoms. The molecule has 1 atom stereocenters. The molecule has 4 aromatic rings. The van der Waals surface area contributed by atoms with Gasteiger partial charge >= 0.3 is 5.97 Å². The molecule has 6 nitrogen and oxygen atoms in total. The second kappa shape index (κ2) is 9.93. The first kappa shape index (κ1) is 23.3. The zero-order valence-corrected chi connectivity index (χ0v) is 20.0. The van der Waals surface area contributed by atoms with E-state index in [2.05, 4.69) is 10.2 Å². The van der Waals surface area contributed by atoms with Crippen molar-refractivity contribution in [2.24, 2.45) is 5.73 Å². The average molecular weight is 498 g/mol. The molecule has 0 aliphatic carbocycles. The quantitative estimate of drug-likeness (QED) is 0.315. The second-order valence-electron chi connectivity index (χ2n) is 7.41. The van der Waals surface area contributed by atoms with Gasteiger partial charge in [-0.1, -0.05) is 71.1 Å². The number of halogens is 1. The van der Waals surface area contributed by atoms with E-state index in [1.165, 1.54) is 6.92 Å². The summed E-state index contributed by atoms with van der Waals surface area (Å²) in [5.41, 5.74) is 6.02. The normalized spacial score (nSPS) is 12.8. The number of benzene rings is 3. The van der Waals surface area contributed by atoms with Crippen molar-refractivity contribution in [3.63, 3.8) is 0 Å². The van der Waals surface area contributed by atoms with E-state index < -0.39 is 11.5 Å². The standard InChI is InChI=1S/C24H20ClN3O3S2/c1-24(26,23(29)30)22-28-27-21(33-22)19-11-10-18(13-20(19)25)32-17-9-5-8-16(12-17)31-14-15-6-3-2-4-7-15/h2-13H,14,26H2,1H3,(H,29,30)/t24-/m1/s1. The van der Waals surface area contributed by atoms with Crippen molar-refractivity contribution in [1.82, 2.24) is 10.2 Å². The monoisotopic (exact) mass is 497 g/mol. The van der Waals surface area contributed by atoms with Crippen LogP contribution in [0.4, 0.5) is 0 Å². The number of carboxylic acid groups (broad SMARTS) is 1. The van der Waals surface area contributed by atoms with Crippen molar-refractivity contribution in [2.75, 3.05) is 0 Å². The van der Waals surface area contributed by atoms with Crippen LogP contribution in [0, 0.1) is 0 Å². The lowest BCUT2D eigenvalue weighted by molar-refractivity contribution is -0.143. The van der Waals surface area contributed by atoms with E-state index >= 15 is 0 Å². The number of aliphatic carboxylic acids is 1. The van der Waals surface area contributed by atoms with E-state index in [9.17, 15) is 9.90 Å². The fourth-order valence-electron chi connectivity index (χ4n) is 2.87. The van der Waals surface area contributed by atoms with Crippen LogP contribution in [0.2, 0.25) is 5.02 Å². The van der Waals surface area contributed by atoms with E-state index in [0.29, 0.717) is 22.2 Å². The Morgan fingerprint density at radius 2 is 1.85 bits per heavy atom. The Kier molecular flexibility index (Phi) is 6.99. The lowest BCUT2D eigenvalue weighted by Crippen LogP contribution is -2.41. The van der Waals surface area contributed by atoms with Gasteiger partial charge in [-0.3, -0.25) is 0 Å². The van der Waals surface area contributed by atoms with Gasteiger partial charge < -0.3 is 15.6 Å². The minimum atomic E-state index is -1.61. The summed E-state index contributed by atoms with van der Waals surface area (Å²) < 4.78 is 5.91. The Morgan fingerprint density at radius 1 is 1.09 bits per heavy atom. The van der Waals surface area contributed by atoms with Gasteiger partial charge in [0.25, 0.3) is 0 Å². The third-order valence-corrected chi connectivity index (χ3v) is 7.26. The summed E-state index contributed by atoms with van der Waals surface area (Å²) in [7, 11) is 0. The highest BCUT2D eigenvalue weighted by Crippen LogP contribution is 2.37. The number of nitrogens with two attached hydrogens (primary N) is 1. The highest BCUT2D eigenvalue weighted by atomic mass is 35.5. The Balaban J connectivity index is 1.47. The summed E-state index contributed by atoms with van der Waals surface area (Å²) in [6.45, 7) is 1.89. The molecule has 1 heterocycles. The fraction of sp³-hybridized carbons (Fsp3) is 0.125. The molecule has 0 fully saturated rings. The van der Waals surface area contributed by atoms with Crippen LogP contribution in [0.3, 0.4) is 0 Å². The first-order valence-electron chi connectivity index (χ1n) is 9.94. The van der Waals surface area contributed by atoms with E-state index in [-0.39, 0.29) is 5.01 Å². The van der Waals surface area contributed by atoms with Gasteiger partial charge in [0.2, 0.25) is 0 Å². The third-order valence-electron chi connectivity index (χ3n) is 4.77. The van der Waals surface area contributed by atoms with Gasteiger partial charge in [-0.15, -0.1) is 10.2 Å². The van der Waals surface area contributed by atoms with Gasteiger partial charge in [0.1, 0.15) is 22.4 Å². The molecule has 0 unspecified atom stereocenters. The minimum absolute atomic E-state index is 0.215. The molecule has 9 heteroatoms. The minimum Gasteiger partial charge on any atom is -0.489 e. The summed E-state index contributed by atoms with van der Waals surface area (Å²) in [4.78, 5) is 13.3. The summed E-state index contributed by atoms with van der Waals surface area (Å²) in [5, 5.41) is 18.6. The van der Waals surface area contributed by atoms with Crippen LogP contribution in [0.15, 0.2) is 82.6 Å². The number of hydrogen-bond acceptors (Lipinski definition) is 7. The van der Waals surface area contributed by atoms with Crippen molar-refractivity contribution in [1.29, 1.82) is 0 Å². The topological polar surface area (TPSA) is 98.3 Å². The summed E-state index contributed by atoms with van der Waals surface area (Å²) in [6.07, 6.45) is 0. The molecule has 0 spiro atoms. The number of hydrogen-bond donors (Lipinski definition) is 2. The lowest BCUT2D eigenvalue weighted by Gasteiger charge is -2.14. The average Bonchev–Trinajstić information content (AvgIpc) is 3.29. The molecule has 0 saturated carbocycles. The molecule has 0 aliphatic heterocycles. The Hall–Kier alpha value is -2.91. The highest BCUT2D eigenvalue weighted by molar-refractivity contribution is 7.99. The van der Waals surface area contributed by atoms with Gasteiger partial charge in [0.05, 0.1) is 5.02 Å².